The number of aliphatic hydroxyl groups is 7. The number of hydrogen-bond donors (Lipinski definition) is 9. The van der Waals surface area contributed by atoms with Crippen molar-refractivity contribution in [3.05, 3.63) is 0 Å². The van der Waals surface area contributed by atoms with Gasteiger partial charge in [-0.3, -0.25) is 9.59 Å². The first kappa shape index (κ1) is 28.9. The molecule has 1 saturated heterocycles. The number of hydrogen-bond acceptors (Lipinski definition) is 10. The van der Waals surface area contributed by atoms with Crippen LogP contribution in [0, 0.1) is 23.7 Å². The maximum absolute atomic E-state index is 12.9. The van der Waals surface area contributed by atoms with Crippen LogP contribution in [0.3, 0.4) is 0 Å². The maximum atomic E-state index is 12.9. The van der Waals surface area contributed by atoms with Gasteiger partial charge in [0.1, 0.15) is 30.5 Å². The van der Waals surface area contributed by atoms with E-state index < -0.39 is 79.2 Å². The lowest BCUT2D eigenvalue weighted by Crippen LogP contribution is -2.64. The van der Waals surface area contributed by atoms with Crippen molar-refractivity contribution in [2.75, 3.05) is 13.2 Å². The van der Waals surface area contributed by atoms with E-state index in [-0.39, 0.29) is 31.3 Å². The zero-order chi connectivity index (χ0) is 25.7. The number of rotatable bonds is 9. The fourth-order valence-electron chi connectivity index (χ4n) is 4.84. The van der Waals surface area contributed by atoms with Gasteiger partial charge in [0.15, 0.2) is 6.29 Å². The van der Waals surface area contributed by atoms with Gasteiger partial charge in [0.05, 0.1) is 18.8 Å². The van der Waals surface area contributed by atoms with Gasteiger partial charge in [-0.25, -0.2) is 0 Å². The first-order valence-corrected chi connectivity index (χ1v) is 11.8. The lowest BCUT2D eigenvalue weighted by Gasteiger charge is -2.41. The van der Waals surface area contributed by atoms with Gasteiger partial charge in [0.2, 0.25) is 11.8 Å². The van der Waals surface area contributed by atoms with Crippen molar-refractivity contribution in [2.24, 2.45) is 23.7 Å². The predicted octanol–water partition coefficient (Wildman–Crippen LogP) is -3.19. The van der Waals surface area contributed by atoms with E-state index in [0.29, 0.717) is 6.42 Å². The van der Waals surface area contributed by atoms with E-state index in [1.54, 1.807) is 13.8 Å². The van der Waals surface area contributed by atoms with E-state index in [9.17, 15) is 40.2 Å². The number of aliphatic hydroxyl groups excluding tert-OH is 7. The van der Waals surface area contributed by atoms with Crippen LogP contribution in [0.15, 0.2) is 0 Å². The number of carbonyl (C=O) groups excluding carboxylic acids is 2. The first-order valence-electron chi connectivity index (χ1n) is 11.8. The Labute approximate surface area is 198 Å². The summed E-state index contributed by atoms with van der Waals surface area (Å²) in [4.78, 5) is 25.4. The Bertz CT molecular complexity index is 680. The van der Waals surface area contributed by atoms with Crippen LogP contribution < -0.4 is 10.6 Å². The molecule has 12 heteroatoms. The van der Waals surface area contributed by atoms with Gasteiger partial charge in [-0.2, -0.15) is 0 Å². The minimum absolute atomic E-state index is 0.0484. The average Bonchev–Trinajstić information content (AvgIpc) is 2.78. The van der Waals surface area contributed by atoms with Crippen LogP contribution in [0.1, 0.15) is 40.0 Å². The van der Waals surface area contributed by atoms with Crippen LogP contribution in [0.4, 0.5) is 0 Å². The fourth-order valence-corrected chi connectivity index (χ4v) is 4.84. The van der Waals surface area contributed by atoms with Crippen LogP contribution in [0.2, 0.25) is 0 Å². The van der Waals surface area contributed by atoms with E-state index in [1.807, 2.05) is 6.92 Å². The van der Waals surface area contributed by atoms with Gasteiger partial charge in [-0.1, -0.05) is 20.8 Å². The molecule has 0 aromatic carbocycles. The van der Waals surface area contributed by atoms with E-state index in [2.05, 4.69) is 10.6 Å². The largest absolute Gasteiger partial charge is 0.396 e. The zero-order valence-electron chi connectivity index (χ0n) is 19.8. The van der Waals surface area contributed by atoms with Gasteiger partial charge < -0.3 is 51.1 Å². The summed E-state index contributed by atoms with van der Waals surface area (Å²) >= 11 is 0. The molecule has 0 bridgehead atoms. The Kier molecular flexibility index (Phi) is 10.6. The topological polar surface area (TPSA) is 209 Å². The summed E-state index contributed by atoms with van der Waals surface area (Å²) in [5.41, 5.74) is 0. The van der Waals surface area contributed by atoms with Crippen LogP contribution in [-0.2, 0) is 14.3 Å². The Morgan fingerprint density at radius 3 is 2.09 bits per heavy atom. The van der Waals surface area contributed by atoms with Crippen molar-refractivity contribution in [1.29, 1.82) is 0 Å². The molecule has 198 valence electrons. The van der Waals surface area contributed by atoms with Crippen LogP contribution in [-0.4, -0.2) is 110 Å². The van der Waals surface area contributed by atoms with Gasteiger partial charge >= 0.3 is 0 Å². The van der Waals surface area contributed by atoms with E-state index in [1.165, 1.54) is 0 Å². The molecule has 0 aromatic heterocycles. The Morgan fingerprint density at radius 2 is 1.53 bits per heavy atom. The smallest absolute Gasteiger partial charge is 0.223 e. The third-order valence-corrected chi connectivity index (χ3v) is 7.08. The molecule has 1 heterocycles. The van der Waals surface area contributed by atoms with Crippen LogP contribution >= 0.6 is 0 Å². The third kappa shape index (κ3) is 6.64. The molecule has 1 aliphatic carbocycles. The molecular weight excluding hydrogens is 452 g/mol. The van der Waals surface area contributed by atoms with Crippen molar-refractivity contribution in [1.82, 2.24) is 10.6 Å². The normalized spacial score (nSPS) is 39.5. The van der Waals surface area contributed by atoms with E-state index in [4.69, 9.17) is 9.84 Å². The molecule has 2 rings (SSSR count). The molecule has 11 atom stereocenters. The highest BCUT2D eigenvalue weighted by atomic mass is 16.6. The number of nitrogens with one attached hydrogen (secondary N) is 2. The van der Waals surface area contributed by atoms with Crippen molar-refractivity contribution in [2.45, 2.75) is 88.9 Å². The molecule has 2 amide bonds. The zero-order valence-corrected chi connectivity index (χ0v) is 19.8. The Hall–Kier alpha value is -1.38. The predicted molar refractivity (Wildman–Crippen MR) is 118 cm³/mol. The second-order valence-corrected chi connectivity index (χ2v) is 9.88. The quantitative estimate of drug-likeness (QED) is 0.157. The van der Waals surface area contributed by atoms with Gasteiger partial charge in [-0.05, 0) is 24.7 Å². The molecule has 0 spiro atoms. The molecule has 0 aromatic rings. The van der Waals surface area contributed by atoms with Gasteiger partial charge in [-0.15, -0.1) is 0 Å². The van der Waals surface area contributed by atoms with E-state index in [0.717, 1.165) is 0 Å². The van der Waals surface area contributed by atoms with Crippen LogP contribution in [0.25, 0.3) is 0 Å². The van der Waals surface area contributed by atoms with Crippen LogP contribution in [0.5, 0.6) is 0 Å². The molecule has 0 radical (unpaired) electrons. The molecule has 4 unspecified atom stereocenters. The Morgan fingerprint density at radius 1 is 0.912 bits per heavy atom. The molecule has 9 N–H and O–H groups in total. The SMILES string of the molecule is CC(C)C(CCC(=O)NC1[C@H](C)C[C@H](CO)[C@@H](O)[C@@H]1O)C(=O)NC1[C@H](O)OC(CO)[C@@H](O)[C@H]1O. The average molecular weight is 493 g/mol. The lowest BCUT2D eigenvalue weighted by atomic mass is 9.75. The maximum Gasteiger partial charge on any atom is 0.223 e. The Balaban J connectivity index is 1.95. The molecule has 34 heavy (non-hydrogen) atoms. The summed E-state index contributed by atoms with van der Waals surface area (Å²) in [6.45, 7) is 4.49. The third-order valence-electron chi connectivity index (χ3n) is 7.08. The summed E-state index contributed by atoms with van der Waals surface area (Å²) in [7, 11) is 0. The summed E-state index contributed by atoms with van der Waals surface area (Å²) in [5.74, 6) is -2.47. The van der Waals surface area contributed by atoms with Crippen molar-refractivity contribution < 1.29 is 50.1 Å². The highest BCUT2D eigenvalue weighted by Gasteiger charge is 2.45. The van der Waals surface area contributed by atoms with Gasteiger partial charge in [0.25, 0.3) is 0 Å². The molecule has 2 aliphatic rings. The molecule has 1 saturated carbocycles. The standard InChI is InChI=1S/C22H40N2O10/c1-9(2)12(21(32)24-16-20(31)18(29)13(8-26)34-22(16)33)4-5-14(27)23-15-10(3)6-11(7-25)17(28)19(15)30/h9-13,15-20,22,25-26,28-31,33H,4-8H2,1-3H3,(H,23,27)(H,24,32)/t10-,11-,12?,13?,15?,16?,17-,18-,19-,20+,22-/m1/s1. The van der Waals surface area contributed by atoms with E-state index >= 15 is 0 Å². The summed E-state index contributed by atoms with van der Waals surface area (Å²) in [5, 5.41) is 74.6. The summed E-state index contributed by atoms with van der Waals surface area (Å²) in [6.07, 6.45) is -7.76. The highest BCUT2D eigenvalue weighted by molar-refractivity contribution is 5.81. The molecule has 2 fully saturated rings. The number of amides is 2. The summed E-state index contributed by atoms with van der Waals surface area (Å²) in [6, 6.07) is -2.01. The number of ether oxygens (including phenoxy) is 1. The second kappa shape index (κ2) is 12.5. The number of carbonyl (C=O) groups is 2. The molecular formula is C22H40N2O10. The highest BCUT2D eigenvalue weighted by Crippen LogP contribution is 2.30. The van der Waals surface area contributed by atoms with Crippen molar-refractivity contribution >= 4 is 11.8 Å². The first-order chi connectivity index (χ1) is 15.9. The minimum Gasteiger partial charge on any atom is -0.396 e. The monoisotopic (exact) mass is 492 g/mol. The fraction of sp³-hybridized carbons (Fsp3) is 0.909. The molecule has 12 nitrogen and oxygen atoms in total. The summed E-state index contributed by atoms with van der Waals surface area (Å²) < 4.78 is 5.06. The molecule has 1 aliphatic heterocycles. The second-order valence-electron chi connectivity index (χ2n) is 9.88. The minimum atomic E-state index is -1.64. The van der Waals surface area contributed by atoms with Crippen molar-refractivity contribution in [3.63, 3.8) is 0 Å². The lowest BCUT2D eigenvalue weighted by molar-refractivity contribution is -0.254. The van der Waals surface area contributed by atoms with Crippen molar-refractivity contribution in [3.8, 4) is 0 Å². The van der Waals surface area contributed by atoms with Gasteiger partial charge in [0, 0.05) is 24.9 Å².